The third-order valence-electron chi connectivity index (χ3n) is 5.50. The zero-order valence-corrected chi connectivity index (χ0v) is 16.8. The number of aromatic nitrogens is 4. The summed E-state index contributed by atoms with van der Waals surface area (Å²) in [7, 11) is 0. The second kappa shape index (κ2) is 7.69. The van der Waals surface area contributed by atoms with E-state index in [1.54, 1.807) is 30.6 Å². The molecular weight excluding hydrogens is 407 g/mol. The molecule has 30 heavy (non-hydrogen) atoms. The Morgan fingerprint density at radius 1 is 1.17 bits per heavy atom. The molecule has 3 aromatic heterocycles. The van der Waals surface area contributed by atoms with E-state index in [4.69, 9.17) is 0 Å². The molecule has 0 unspecified atom stereocenters. The van der Waals surface area contributed by atoms with Crippen LogP contribution in [-0.2, 0) is 6.54 Å². The van der Waals surface area contributed by atoms with Crippen LogP contribution in [-0.4, -0.2) is 50.6 Å². The number of pyridine rings is 1. The highest BCUT2D eigenvalue weighted by Gasteiger charge is 2.34. The van der Waals surface area contributed by atoms with E-state index >= 15 is 0 Å². The Kier molecular flexibility index (Phi) is 4.87. The molecule has 1 fully saturated rings. The van der Waals surface area contributed by atoms with Crippen molar-refractivity contribution >= 4 is 29.0 Å². The molecule has 1 amide bonds. The maximum absolute atomic E-state index is 14.8. The zero-order chi connectivity index (χ0) is 20.7. The average molecular weight is 426 g/mol. The van der Waals surface area contributed by atoms with Gasteiger partial charge in [0.2, 0.25) is 11.9 Å². The van der Waals surface area contributed by atoms with Crippen LogP contribution in [0.1, 0.15) is 28.2 Å². The lowest BCUT2D eigenvalue weighted by molar-refractivity contribution is 0.0998. The van der Waals surface area contributed by atoms with Gasteiger partial charge in [0.1, 0.15) is 15.7 Å². The number of carbonyl (C=O) groups is 1. The van der Waals surface area contributed by atoms with Gasteiger partial charge in [0.25, 0.3) is 5.91 Å². The third-order valence-corrected chi connectivity index (χ3v) is 6.62. The molecule has 10 heteroatoms. The quantitative estimate of drug-likeness (QED) is 0.641. The minimum Gasteiger partial charge on any atom is -0.396 e. The van der Waals surface area contributed by atoms with Gasteiger partial charge in [-0.3, -0.25) is 9.69 Å². The number of thiazole rings is 1. The van der Waals surface area contributed by atoms with Gasteiger partial charge in [-0.1, -0.05) is 0 Å². The Labute approximate surface area is 176 Å². The van der Waals surface area contributed by atoms with E-state index in [0.29, 0.717) is 38.8 Å². The van der Waals surface area contributed by atoms with Crippen LogP contribution in [0.2, 0.25) is 0 Å². The van der Waals surface area contributed by atoms with E-state index in [9.17, 15) is 14.3 Å². The molecule has 2 aliphatic rings. The molecule has 0 atom stereocenters. The largest absolute Gasteiger partial charge is 0.396 e. The Morgan fingerprint density at radius 3 is 2.60 bits per heavy atom. The second-order valence-corrected chi connectivity index (χ2v) is 8.35. The predicted octanol–water partition coefficient (Wildman–Crippen LogP) is 2.50. The smallest absolute Gasteiger partial charge is 0.273 e. The number of rotatable bonds is 4. The molecule has 0 bridgehead atoms. The average Bonchev–Trinajstić information content (AvgIpc) is 3.33. The van der Waals surface area contributed by atoms with Crippen molar-refractivity contribution in [2.24, 2.45) is 5.92 Å². The van der Waals surface area contributed by atoms with Crippen LogP contribution in [0.15, 0.2) is 30.6 Å². The highest BCUT2D eigenvalue weighted by Crippen LogP contribution is 2.36. The lowest BCUT2D eigenvalue weighted by atomic mass is 9.98. The Hall–Kier alpha value is -2.98. The molecule has 3 aromatic rings. The Bertz CT molecular complexity index is 1080. The molecule has 0 spiro atoms. The lowest BCUT2D eigenvalue weighted by Gasteiger charge is -2.32. The number of fused-ring (bicyclic) bond motifs is 1. The van der Waals surface area contributed by atoms with Crippen molar-refractivity contribution in [1.82, 2.24) is 19.9 Å². The van der Waals surface area contributed by atoms with Gasteiger partial charge in [-0.25, -0.2) is 19.9 Å². The molecule has 0 aromatic carbocycles. The summed E-state index contributed by atoms with van der Waals surface area (Å²) in [6, 6.07) is 5.15. The fourth-order valence-corrected chi connectivity index (χ4v) is 4.82. The first-order valence-electron chi connectivity index (χ1n) is 9.75. The number of amides is 1. The minimum atomic E-state index is -0.597. The van der Waals surface area contributed by atoms with E-state index in [-0.39, 0.29) is 19.1 Å². The van der Waals surface area contributed by atoms with Gasteiger partial charge in [-0.05, 0) is 37.0 Å². The molecule has 0 aliphatic carbocycles. The molecule has 8 nitrogen and oxygen atoms in total. The summed E-state index contributed by atoms with van der Waals surface area (Å²) in [5, 5.41) is 9.71. The summed E-state index contributed by atoms with van der Waals surface area (Å²) in [6.07, 6.45) is 4.89. The van der Waals surface area contributed by atoms with Gasteiger partial charge in [0.05, 0.1) is 17.8 Å². The standard InChI is InChI=1S/C20H19FN6O2S/c21-17-13(2-3-15(25-17)26-8-4-12(11-28)5-9-26)18-24-14-10-27(19(29)16(14)30-18)20-22-6-1-7-23-20/h1-3,6-7,12,28H,4-5,8-11H2. The molecule has 5 rings (SSSR count). The molecule has 154 valence electrons. The summed E-state index contributed by atoms with van der Waals surface area (Å²) >= 11 is 1.16. The number of hydrogen-bond acceptors (Lipinski definition) is 8. The van der Waals surface area contributed by atoms with E-state index in [1.807, 2.05) is 4.90 Å². The van der Waals surface area contributed by atoms with Crippen LogP contribution in [0.4, 0.5) is 16.2 Å². The second-order valence-electron chi connectivity index (χ2n) is 7.36. The van der Waals surface area contributed by atoms with Gasteiger partial charge >= 0.3 is 0 Å². The summed E-state index contributed by atoms with van der Waals surface area (Å²) in [5.74, 6) is 0.398. The van der Waals surface area contributed by atoms with E-state index in [0.717, 1.165) is 37.3 Å². The number of anilines is 2. The molecule has 5 heterocycles. The van der Waals surface area contributed by atoms with Crippen molar-refractivity contribution in [1.29, 1.82) is 0 Å². The zero-order valence-electron chi connectivity index (χ0n) is 16.0. The molecular formula is C20H19FN6O2S. The fourth-order valence-electron chi connectivity index (χ4n) is 3.78. The maximum atomic E-state index is 14.8. The number of piperidine rings is 1. The normalized spacial score (nSPS) is 16.9. The highest BCUT2D eigenvalue weighted by atomic mass is 32.1. The van der Waals surface area contributed by atoms with Gasteiger partial charge in [0.15, 0.2) is 0 Å². The van der Waals surface area contributed by atoms with Gasteiger partial charge in [-0.2, -0.15) is 4.39 Å². The van der Waals surface area contributed by atoms with Crippen molar-refractivity contribution in [2.75, 3.05) is 29.5 Å². The molecule has 0 saturated carbocycles. The van der Waals surface area contributed by atoms with Crippen LogP contribution in [0.25, 0.3) is 10.6 Å². The van der Waals surface area contributed by atoms with Crippen molar-refractivity contribution in [2.45, 2.75) is 19.4 Å². The van der Waals surface area contributed by atoms with Crippen LogP contribution < -0.4 is 9.80 Å². The summed E-state index contributed by atoms with van der Waals surface area (Å²) in [4.78, 5) is 33.6. The SMILES string of the molecule is O=C1c2sc(-c3ccc(N4CCC(CO)CC4)nc3F)nc2CN1c1ncccn1. The van der Waals surface area contributed by atoms with E-state index in [1.165, 1.54) is 4.90 Å². The first-order valence-corrected chi connectivity index (χ1v) is 10.6. The van der Waals surface area contributed by atoms with Crippen LogP contribution in [0.3, 0.4) is 0 Å². The Morgan fingerprint density at radius 2 is 1.93 bits per heavy atom. The van der Waals surface area contributed by atoms with Gasteiger partial charge in [-0.15, -0.1) is 11.3 Å². The number of nitrogens with zero attached hydrogens (tertiary/aromatic N) is 6. The summed E-state index contributed by atoms with van der Waals surface area (Å²) in [5.41, 5.74) is 0.890. The maximum Gasteiger partial charge on any atom is 0.273 e. The predicted molar refractivity (Wildman–Crippen MR) is 110 cm³/mol. The number of aliphatic hydroxyl groups is 1. The summed E-state index contributed by atoms with van der Waals surface area (Å²) < 4.78 is 14.8. The number of aliphatic hydroxyl groups excluding tert-OH is 1. The third kappa shape index (κ3) is 3.31. The molecule has 2 aliphatic heterocycles. The van der Waals surface area contributed by atoms with Crippen LogP contribution in [0.5, 0.6) is 0 Å². The fraction of sp³-hybridized carbons (Fsp3) is 0.350. The van der Waals surface area contributed by atoms with Crippen molar-refractivity contribution in [3.05, 3.63) is 47.1 Å². The number of hydrogen-bond donors (Lipinski definition) is 1. The first kappa shape index (κ1) is 19.0. The Balaban J connectivity index is 1.36. The van der Waals surface area contributed by atoms with Gasteiger partial charge in [0, 0.05) is 32.1 Å². The van der Waals surface area contributed by atoms with Crippen LogP contribution >= 0.6 is 11.3 Å². The number of halogens is 1. The van der Waals surface area contributed by atoms with Crippen molar-refractivity contribution in [3.63, 3.8) is 0 Å². The molecule has 0 radical (unpaired) electrons. The summed E-state index contributed by atoms with van der Waals surface area (Å²) in [6.45, 7) is 1.94. The monoisotopic (exact) mass is 426 g/mol. The highest BCUT2D eigenvalue weighted by molar-refractivity contribution is 7.17. The van der Waals surface area contributed by atoms with Gasteiger partial charge < -0.3 is 10.0 Å². The molecule has 1 saturated heterocycles. The first-order chi connectivity index (χ1) is 14.6. The minimum absolute atomic E-state index is 0.190. The van der Waals surface area contributed by atoms with Crippen LogP contribution in [0, 0.1) is 11.9 Å². The van der Waals surface area contributed by atoms with E-state index < -0.39 is 5.95 Å². The topological polar surface area (TPSA) is 95.3 Å². The van der Waals surface area contributed by atoms with E-state index in [2.05, 4.69) is 19.9 Å². The lowest BCUT2D eigenvalue weighted by Crippen LogP contribution is -2.35. The van der Waals surface area contributed by atoms with Crippen molar-refractivity contribution in [3.8, 4) is 10.6 Å². The number of carbonyl (C=O) groups excluding carboxylic acids is 1. The molecule has 1 N–H and O–H groups in total. The van der Waals surface area contributed by atoms with Crippen molar-refractivity contribution < 1.29 is 14.3 Å².